The summed E-state index contributed by atoms with van der Waals surface area (Å²) >= 11 is 12.5. The SMILES string of the molecule is O=C(/C=C/c1ccccc1)NC(=S)Nc1nc2ccc(Cl)cc2s1. The molecule has 1 aromatic heterocycles. The Bertz CT molecular complexity index is 922. The molecular formula is C17H12ClN3OS2. The van der Waals surface area contributed by atoms with E-state index in [0.29, 0.717) is 10.2 Å². The fraction of sp³-hybridized carbons (Fsp3) is 0. The molecule has 0 fully saturated rings. The van der Waals surface area contributed by atoms with Crippen molar-refractivity contribution in [2.75, 3.05) is 5.32 Å². The van der Waals surface area contributed by atoms with Gasteiger partial charge in [0.05, 0.1) is 10.2 Å². The third-order valence-electron chi connectivity index (χ3n) is 3.03. The first-order chi connectivity index (χ1) is 11.6. The maximum absolute atomic E-state index is 11.9. The minimum absolute atomic E-state index is 0.197. The number of nitrogens with zero attached hydrogens (tertiary/aromatic N) is 1. The molecule has 120 valence electrons. The summed E-state index contributed by atoms with van der Waals surface area (Å²) in [4.78, 5) is 16.3. The first-order valence-electron chi connectivity index (χ1n) is 7.01. The third kappa shape index (κ3) is 4.38. The molecule has 24 heavy (non-hydrogen) atoms. The molecule has 2 N–H and O–H groups in total. The van der Waals surface area contributed by atoms with Gasteiger partial charge in [0.1, 0.15) is 0 Å². The summed E-state index contributed by atoms with van der Waals surface area (Å²) in [7, 11) is 0. The minimum atomic E-state index is -0.305. The number of carbonyl (C=O) groups excluding carboxylic acids is 1. The normalized spacial score (nSPS) is 10.9. The Kier molecular flexibility index (Phi) is 5.20. The minimum Gasteiger partial charge on any atom is -0.308 e. The van der Waals surface area contributed by atoms with Crippen LogP contribution in [0.4, 0.5) is 5.13 Å². The van der Waals surface area contributed by atoms with Crippen LogP contribution >= 0.6 is 35.2 Å². The first-order valence-corrected chi connectivity index (χ1v) is 8.61. The van der Waals surface area contributed by atoms with Crippen LogP contribution in [0.15, 0.2) is 54.6 Å². The monoisotopic (exact) mass is 373 g/mol. The summed E-state index contributed by atoms with van der Waals surface area (Å²) < 4.78 is 0.947. The van der Waals surface area contributed by atoms with Gasteiger partial charge in [0.25, 0.3) is 0 Å². The second-order valence-corrected chi connectivity index (χ2v) is 6.69. The average Bonchev–Trinajstić information content (AvgIpc) is 2.95. The maximum atomic E-state index is 11.9. The molecule has 1 amide bonds. The van der Waals surface area contributed by atoms with Crippen molar-refractivity contribution in [1.82, 2.24) is 10.3 Å². The highest BCUT2D eigenvalue weighted by atomic mass is 35.5. The summed E-state index contributed by atoms with van der Waals surface area (Å²) in [5, 5.41) is 6.95. The Morgan fingerprint density at radius 1 is 1.21 bits per heavy atom. The molecule has 3 aromatic rings. The second kappa shape index (κ2) is 7.53. The van der Waals surface area contributed by atoms with Gasteiger partial charge in [-0.15, -0.1) is 0 Å². The Morgan fingerprint density at radius 2 is 2.00 bits per heavy atom. The van der Waals surface area contributed by atoms with Gasteiger partial charge in [-0.1, -0.05) is 53.3 Å². The van der Waals surface area contributed by atoms with E-state index in [1.54, 1.807) is 12.1 Å². The van der Waals surface area contributed by atoms with Crippen LogP contribution in [-0.4, -0.2) is 16.0 Å². The molecule has 7 heteroatoms. The van der Waals surface area contributed by atoms with Gasteiger partial charge in [0.2, 0.25) is 5.91 Å². The largest absolute Gasteiger partial charge is 0.308 e. The molecule has 3 rings (SSSR count). The lowest BCUT2D eigenvalue weighted by molar-refractivity contribution is -0.115. The number of hydrogen-bond acceptors (Lipinski definition) is 4. The van der Waals surface area contributed by atoms with Crippen molar-refractivity contribution < 1.29 is 4.79 Å². The van der Waals surface area contributed by atoms with Crippen LogP contribution in [0.1, 0.15) is 5.56 Å². The Labute approximate surface area is 153 Å². The molecule has 0 bridgehead atoms. The van der Waals surface area contributed by atoms with E-state index in [1.807, 2.05) is 42.5 Å². The Balaban J connectivity index is 1.60. The van der Waals surface area contributed by atoms with Crippen molar-refractivity contribution in [2.45, 2.75) is 0 Å². The number of nitrogens with one attached hydrogen (secondary N) is 2. The maximum Gasteiger partial charge on any atom is 0.250 e. The number of carbonyl (C=O) groups is 1. The van der Waals surface area contributed by atoms with Gasteiger partial charge in [-0.25, -0.2) is 4.98 Å². The van der Waals surface area contributed by atoms with Gasteiger partial charge in [-0.3, -0.25) is 10.1 Å². The number of fused-ring (bicyclic) bond motifs is 1. The van der Waals surface area contributed by atoms with Crippen molar-refractivity contribution in [1.29, 1.82) is 0 Å². The molecule has 0 aliphatic heterocycles. The molecule has 4 nitrogen and oxygen atoms in total. The van der Waals surface area contributed by atoms with Gasteiger partial charge < -0.3 is 5.32 Å². The van der Waals surface area contributed by atoms with E-state index >= 15 is 0 Å². The molecule has 2 aromatic carbocycles. The Morgan fingerprint density at radius 3 is 2.79 bits per heavy atom. The van der Waals surface area contributed by atoms with E-state index in [0.717, 1.165) is 15.8 Å². The summed E-state index contributed by atoms with van der Waals surface area (Å²) in [5.41, 5.74) is 1.76. The molecule has 0 saturated carbocycles. The molecule has 0 unspecified atom stereocenters. The summed E-state index contributed by atoms with van der Waals surface area (Å²) in [5.74, 6) is -0.305. The van der Waals surface area contributed by atoms with E-state index in [2.05, 4.69) is 15.6 Å². The first kappa shape index (κ1) is 16.6. The van der Waals surface area contributed by atoms with Crippen molar-refractivity contribution in [3.63, 3.8) is 0 Å². The average molecular weight is 374 g/mol. The molecule has 0 aliphatic carbocycles. The number of rotatable bonds is 3. The lowest BCUT2D eigenvalue weighted by Crippen LogP contribution is -2.32. The zero-order valence-corrected chi connectivity index (χ0v) is 14.7. The molecule has 0 atom stereocenters. The molecule has 0 saturated heterocycles. The highest BCUT2D eigenvalue weighted by Crippen LogP contribution is 2.28. The summed E-state index contributed by atoms with van der Waals surface area (Å²) in [6, 6.07) is 15.0. The zero-order chi connectivity index (χ0) is 16.9. The number of anilines is 1. The van der Waals surface area contributed by atoms with Gasteiger partial charge in [-0.2, -0.15) is 0 Å². The lowest BCUT2D eigenvalue weighted by Gasteiger charge is -2.04. The number of amides is 1. The predicted molar refractivity (Wildman–Crippen MR) is 104 cm³/mol. The van der Waals surface area contributed by atoms with E-state index in [-0.39, 0.29) is 11.0 Å². The highest BCUT2D eigenvalue weighted by molar-refractivity contribution is 7.80. The molecule has 0 radical (unpaired) electrons. The van der Waals surface area contributed by atoms with E-state index in [4.69, 9.17) is 23.8 Å². The number of halogens is 1. The standard InChI is InChI=1S/C17H12ClN3OS2/c18-12-7-8-13-14(10-12)24-17(19-13)21-16(23)20-15(22)9-6-11-4-2-1-3-5-11/h1-10H,(H2,19,20,21,22,23)/b9-6+. The Hall–Kier alpha value is -2.28. The number of thiazole rings is 1. The van der Waals surface area contributed by atoms with Gasteiger partial charge in [0, 0.05) is 11.1 Å². The van der Waals surface area contributed by atoms with E-state index in [9.17, 15) is 4.79 Å². The van der Waals surface area contributed by atoms with Crippen molar-refractivity contribution in [3.05, 3.63) is 65.2 Å². The topological polar surface area (TPSA) is 54.0 Å². The fourth-order valence-electron chi connectivity index (χ4n) is 1.97. The van der Waals surface area contributed by atoms with E-state index < -0.39 is 0 Å². The predicted octanol–water partition coefficient (Wildman–Crippen LogP) is 4.48. The van der Waals surface area contributed by atoms with Crippen molar-refractivity contribution in [2.24, 2.45) is 0 Å². The van der Waals surface area contributed by atoms with Crippen LogP contribution in [0.5, 0.6) is 0 Å². The molecule has 0 aliphatic rings. The number of aromatic nitrogens is 1. The third-order valence-corrected chi connectivity index (χ3v) is 4.41. The van der Waals surface area contributed by atoms with Crippen LogP contribution in [0.3, 0.4) is 0 Å². The van der Waals surface area contributed by atoms with E-state index in [1.165, 1.54) is 17.4 Å². The number of thiocarbonyl (C=S) groups is 1. The number of hydrogen-bond donors (Lipinski definition) is 2. The quantitative estimate of drug-likeness (QED) is 0.525. The van der Waals surface area contributed by atoms with Gasteiger partial charge >= 0.3 is 0 Å². The molecule has 0 spiro atoms. The van der Waals surface area contributed by atoms with Crippen LogP contribution in [0.25, 0.3) is 16.3 Å². The van der Waals surface area contributed by atoms with Crippen LogP contribution < -0.4 is 10.6 Å². The number of benzene rings is 2. The van der Waals surface area contributed by atoms with Gasteiger partial charge in [0.15, 0.2) is 10.2 Å². The highest BCUT2D eigenvalue weighted by Gasteiger charge is 2.07. The molecule has 1 heterocycles. The van der Waals surface area contributed by atoms with Gasteiger partial charge in [-0.05, 0) is 42.1 Å². The van der Waals surface area contributed by atoms with Crippen LogP contribution in [-0.2, 0) is 4.79 Å². The van der Waals surface area contributed by atoms with Crippen LogP contribution in [0, 0.1) is 0 Å². The smallest absolute Gasteiger partial charge is 0.250 e. The van der Waals surface area contributed by atoms with Crippen molar-refractivity contribution in [3.8, 4) is 0 Å². The summed E-state index contributed by atoms with van der Waals surface area (Å²) in [6.45, 7) is 0. The second-order valence-electron chi connectivity index (χ2n) is 4.82. The lowest BCUT2D eigenvalue weighted by atomic mass is 10.2. The summed E-state index contributed by atoms with van der Waals surface area (Å²) in [6.07, 6.45) is 3.15. The van der Waals surface area contributed by atoms with Crippen LogP contribution in [0.2, 0.25) is 5.02 Å². The fourth-order valence-corrected chi connectivity index (χ4v) is 3.38. The zero-order valence-electron chi connectivity index (χ0n) is 12.3. The molecular weight excluding hydrogens is 362 g/mol. The van der Waals surface area contributed by atoms with Crippen molar-refractivity contribution >= 4 is 67.6 Å².